The van der Waals surface area contributed by atoms with Crippen LogP contribution in [0.4, 0.5) is 4.39 Å². The molecular formula is C11H12ClFO2. The van der Waals surface area contributed by atoms with Crippen molar-refractivity contribution in [1.82, 2.24) is 0 Å². The van der Waals surface area contributed by atoms with E-state index in [1.807, 2.05) is 13.8 Å². The molecule has 0 atom stereocenters. The van der Waals surface area contributed by atoms with Crippen LogP contribution in [-0.4, -0.2) is 18.5 Å². The van der Waals surface area contributed by atoms with E-state index < -0.39 is 11.6 Å². The Kier molecular flexibility index (Phi) is 4.24. The molecule has 0 bridgehead atoms. The molecule has 1 rings (SSSR count). The summed E-state index contributed by atoms with van der Waals surface area (Å²) in [4.78, 5) is 11.5. The monoisotopic (exact) mass is 230 g/mol. The largest absolute Gasteiger partial charge is 0.371 e. The number of carbonyl (C=O) groups is 1. The normalized spacial score (nSPS) is 10.7. The van der Waals surface area contributed by atoms with Crippen LogP contribution in [0.5, 0.6) is 0 Å². The lowest BCUT2D eigenvalue weighted by molar-refractivity contribution is 0.0581. The average molecular weight is 231 g/mol. The standard InChI is InChI=1S/C11H12ClFO2/c1-7(2)15-6-11(14)9-5-8(12)3-4-10(9)13/h3-5,7H,6H2,1-2H3. The first-order valence-electron chi connectivity index (χ1n) is 4.60. The van der Waals surface area contributed by atoms with Crippen molar-refractivity contribution in [3.63, 3.8) is 0 Å². The minimum Gasteiger partial charge on any atom is -0.371 e. The molecule has 0 aromatic heterocycles. The minimum atomic E-state index is -0.572. The van der Waals surface area contributed by atoms with E-state index in [1.54, 1.807) is 0 Å². The van der Waals surface area contributed by atoms with Crippen molar-refractivity contribution >= 4 is 17.4 Å². The lowest BCUT2D eigenvalue weighted by atomic mass is 10.1. The van der Waals surface area contributed by atoms with Crippen LogP contribution in [0.1, 0.15) is 24.2 Å². The van der Waals surface area contributed by atoms with Crippen molar-refractivity contribution in [2.75, 3.05) is 6.61 Å². The molecule has 0 saturated heterocycles. The molecule has 0 radical (unpaired) electrons. The fraction of sp³-hybridized carbons (Fsp3) is 0.364. The third-order valence-electron chi connectivity index (χ3n) is 1.78. The second-order valence-electron chi connectivity index (χ2n) is 3.41. The van der Waals surface area contributed by atoms with Crippen LogP contribution in [0.25, 0.3) is 0 Å². The Morgan fingerprint density at radius 2 is 2.20 bits per heavy atom. The van der Waals surface area contributed by atoms with Gasteiger partial charge in [0, 0.05) is 5.02 Å². The van der Waals surface area contributed by atoms with Crippen LogP contribution in [0.2, 0.25) is 5.02 Å². The predicted octanol–water partition coefficient (Wildman–Crippen LogP) is 3.09. The molecular weight excluding hydrogens is 219 g/mol. The van der Waals surface area contributed by atoms with E-state index in [-0.39, 0.29) is 18.3 Å². The van der Waals surface area contributed by atoms with Gasteiger partial charge < -0.3 is 4.74 Å². The van der Waals surface area contributed by atoms with Crippen molar-refractivity contribution in [1.29, 1.82) is 0 Å². The lowest BCUT2D eigenvalue weighted by Crippen LogP contribution is -2.14. The van der Waals surface area contributed by atoms with Crippen LogP contribution in [0.3, 0.4) is 0 Å². The Morgan fingerprint density at radius 1 is 1.53 bits per heavy atom. The average Bonchev–Trinajstić information content (AvgIpc) is 2.18. The molecule has 1 aromatic carbocycles. The van der Waals surface area contributed by atoms with Gasteiger partial charge in [-0.1, -0.05) is 11.6 Å². The molecule has 2 nitrogen and oxygen atoms in total. The van der Waals surface area contributed by atoms with Crippen molar-refractivity contribution < 1.29 is 13.9 Å². The fourth-order valence-electron chi connectivity index (χ4n) is 1.03. The summed E-state index contributed by atoms with van der Waals surface area (Å²) in [5.41, 5.74) is -0.0249. The predicted molar refractivity (Wildman–Crippen MR) is 56.8 cm³/mol. The molecule has 82 valence electrons. The van der Waals surface area contributed by atoms with E-state index in [0.717, 1.165) is 0 Å². The van der Waals surface area contributed by atoms with E-state index in [4.69, 9.17) is 16.3 Å². The molecule has 15 heavy (non-hydrogen) atoms. The van der Waals surface area contributed by atoms with Crippen LogP contribution in [0.15, 0.2) is 18.2 Å². The number of carbonyl (C=O) groups excluding carboxylic acids is 1. The Labute approximate surface area is 93.0 Å². The van der Waals surface area contributed by atoms with E-state index in [2.05, 4.69) is 0 Å². The van der Waals surface area contributed by atoms with Gasteiger partial charge in [0.15, 0.2) is 5.78 Å². The summed E-state index contributed by atoms with van der Waals surface area (Å²) >= 11 is 5.66. The molecule has 0 unspecified atom stereocenters. The maximum Gasteiger partial charge on any atom is 0.191 e. The lowest BCUT2D eigenvalue weighted by Gasteiger charge is -2.07. The molecule has 0 aliphatic carbocycles. The number of Topliss-reactive ketones (excluding diaryl/α,β-unsaturated/α-hetero) is 1. The first-order valence-corrected chi connectivity index (χ1v) is 4.98. The molecule has 0 fully saturated rings. The van der Waals surface area contributed by atoms with Crippen molar-refractivity contribution in [3.05, 3.63) is 34.6 Å². The number of ether oxygens (including phenoxy) is 1. The zero-order valence-corrected chi connectivity index (χ0v) is 9.34. The van der Waals surface area contributed by atoms with Gasteiger partial charge >= 0.3 is 0 Å². The second-order valence-corrected chi connectivity index (χ2v) is 3.84. The van der Waals surface area contributed by atoms with Gasteiger partial charge in [0.2, 0.25) is 0 Å². The quantitative estimate of drug-likeness (QED) is 0.743. The number of hydrogen-bond acceptors (Lipinski definition) is 2. The topological polar surface area (TPSA) is 26.3 Å². The third kappa shape index (κ3) is 3.61. The molecule has 4 heteroatoms. The van der Waals surface area contributed by atoms with Crippen molar-refractivity contribution in [2.45, 2.75) is 20.0 Å². The van der Waals surface area contributed by atoms with Gasteiger partial charge in [0.25, 0.3) is 0 Å². The van der Waals surface area contributed by atoms with Gasteiger partial charge in [-0.05, 0) is 32.0 Å². The number of ketones is 1. The molecule has 0 saturated carbocycles. The van der Waals surface area contributed by atoms with Crippen LogP contribution in [0, 0.1) is 5.82 Å². The SMILES string of the molecule is CC(C)OCC(=O)c1cc(Cl)ccc1F. The Morgan fingerprint density at radius 3 is 2.80 bits per heavy atom. The van der Waals surface area contributed by atoms with Gasteiger partial charge in [0.1, 0.15) is 12.4 Å². The molecule has 0 aliphatic rings. The first-order chi connectivity index (χ1) is 7.00. The fourth-order valence-corrected chi connectivity index (χ4v) is 1.20. The first kappa shape index (κ1) is 12.1. The highest BCUT2D eigenvalue weighted by Gasteiger charge is 2.12. The molecule has 0 aliphatic heterocycles. The molecule has 0 heterocycles. The van der Waals surface area contributed by atoms with E-state index in [9.17, 15) is 9.18 Å². The molecule has 0 N–H and O–H groups in total. The maximum atomic E-state index is 13.2. The Hall–Kier alpha value is -0.930. The number of rotatable bonds is 4. The molecule has 1 aromatic rings. The van der Waals surface area contributed by atoms with E-state index in [0.29, 0.717) is 5.02 Å². The van der Waals surface area contributed by atoms with Crippen LogP contribution in [-0.2, 0) is 4.74 Å². The summed E-state index contributed by atoms with van der Waals surface area (Å²) < 4.78 is 18.3. The van der Waals surface area contributed by atoms with Gasteiger partial charge in [-0.25, -0.2) is 4.39 Å². The number of halogens is 2. The number of benzene rings is 1. The smallest absolute Gasteiger partial charge is 0.191 e. The van der Waals surface area contributed by atoms with E-state index >= 15 is 0 Å². The molecule has 0 amide bonds. The van der Waals surface area contributed by atoms with Crippen LogP contribution >= 0.6 is 11.6 Å². The van der Waals surface area contributed by atoms with E-state index in [1.165, 1.54) is 18.2 Å². The number of hydrogen-bond donors (Lipinski definition) is 0. The van der Waals surface area contributed by atoms with Crippen LogP contribution < -0.4 is 0 Å². The Bertz CT molecular complexity index is 364. The summed E-state index contributed by atoms with van der Waals surface area (Å²) in [5.74, 6) is -0.972. The summed E-state index contributed by atoms with van der Waals surface area (Å²) in [6.45, 7) is 3.48. The van der Waals surface area contributed by atoms with Gasteiger partial charge in [-0.3, -0.25) is 4.79 Å². The highest BCUT2D eigenvalue weighted by atomic mass is 35.5. The van der Waals surface area contributed by atoms with Gasteiger partial charge in [0.05, 0.1) is 11.7 Å². The maximum absolute atomic E-state index is 13.2. The van der Waals surface area contributed by atoms with Crippen molar-refractivity contribution in [2.24, 2.45) is 0 Å². The Balaban J connectivity index is 2.77. The zero-order valence-electron chi connectivity index (χ0n) is 8.59. The molecule has 0 spiro atoms. The van der Waals surface area contributed by atoms with Crippen molar-refractivity contribution in [3.8, 4) is 0 Å². The zero-order chi connectivity index (χ0) is 11.4. The minimum absolute atomic E-state index is 0.0249. The summed E-state index contributed by atoms with van der Waals surface area (Å²) in [7, 11) is 0. The highest BCUT2D eigenvalue weighted by molar-refractivity contribution is 6.31. The second kappa shape index (κ2) is 5.24. The summed E-state index contributed by atoms with van der Waals surface area (Å²) in [6.07, 6.45) is -0.0591. The summed E-state index contributed by atoms with van der Waals surface area (Å²) in [6, 6.07) is 3.88. The summed E-state index contributed by atoms with van der Waals surface area (Å²) in [5, 5.41) is 0.337. The van der Waals surface area contributed by atoms with Gasteiger partial charge in [-0.15, -0.1) is 0 Å². The highest BCUT2D eigenvalue weighted by Crippen LogP contribution is 2.15. The third-order valence-corrected chi connectivity index (χ3v) is 2.01. The van der Waals surface area contributed by atoms with Gasteiger partial charge in [-0.2, -0.15) is 0 Å².